The number of ether oxygens (including phenoxy) is 1. The fourth-order valence-corrected chi connectivity index (χ4v) is 3.57. The van der Waals surface area contributed by atoms with Crippen molar-refractivity contribution in [1.29, 1.82) is 0 Å². The van der Waals surface area contributed by atoms with Gasteiger partial charge in [0.1, 0.15) is 11.2 Å². The molecule has 1 saturated heterocycles. The highest BCUT2D eigenvalue weighted by Crippen LogP contribution is 2.29. The summed E-state index contributed by atoms with van der Waals surface area (Å²) in [7, 11) is 0. The SMILES string of the molecule is CCc1cc2c(OCCC3CCCCN3)ncnc2s1. The van der Waals surface area contributed by atoms with Crippen LogP contribution in [-0.2, 0) is 6.42 Å². The Bertz CT molecular complexity index is 563. The Hall–Kier alpha value is -1.20. The van der Waals surface area contributed by atoms with Crippen LogP contribution < -0.4 is 10.1 Å². The molecule has 1 aliphatic rings. The van der Waals surface area contributed by atoms with Crippen molar-refractivity contribution in [1.82, 2.24) is 15.3 Å². The molecule has 108 valence electrons. The molecule has 1 fully saturated rings. The Morgan fingerprint density at radius 2 is 2.35 bits per heavy atom. The minimum Gasteiger partial charge on any atom is -0.477 e. The summed E-state index contributed by atoms with van der Waals surface area (Å²) in [6.07, 6.45) is 7.59. The van der Waals surface area contributed by atoms with Crippen LogP contribution in [0.25, 0.3) is 10.2 Å². The number of piperidine rings is 1. The highest BCUT2D eigenvalue weighted by Gasteiger charge is 2.13. The van der Waals surface area contributed by atoms with Crippen LogP contribution in [0.15, 0.2) is 12.4 Å². The molecule has 1 aliphatic heterocycles. The number of rotatable bonds is 5. The summed E-state index contributed by atoms with van der Waals surface area (Å²) < 4.78 is 5.90. The van der Waals surface area contributed by atoms with Crippen LogP contribution in [0, 0.1) is 0 Å². The van der Waals surface area contributed by atoms with E-state index in [1.807, 2.05) is 0 Å². The van der Waals surface area contributed by atoms with Gasteiger partial charge >= 0.3 is 0 Å². The van der Waals surface area contributed by atoms with Gasteiger partial charge in [-0.25, -0.2) is 9.97 Å². The smallest absolute Gasteiger partial charge is 0.225 e. The number of nitrogens with zero attached hydrogens (tertiary/aromatic N) is 2. The first kappa shape index (κ1) is 13.8. The normalized spacial score (nSPS) is 19.4. The fraction of sp³-hybridized carbons (Fsp3) is 0.600. The van der Waals surface area contributed by atoms with Crippen molar-refractivity contribution in [3.63, 3.8) is 0 Å². The minimum atomic E-state index is 0.606. The molecule has 0 aromatic carbocycles. The zero-order valence-electron chi connectivity index (χ0n) is 11.9. The van der Waals surface area contributed by atoms with Gasteiger partial charge in [-0.2, -0.15) is 0 Å². The van der Waals surface area contributed by atoms with Crippen LogP contribution in [0.1, 0.15) is 37.5 Å². The number of nitrogens with one attached hydrogen (secondary N) is 1. The van der Waals surface area contributed by atoms with Gasteiger partial charge in [-0.15, -0.1) is 11.3 Å². The largest absolute Gasteiger partial charge is 0.477 e. The van der Waals surface area contributed by atoms with Crippen LogP contribution in [-0.4, -0.2) is 29.2 Å². The van der Waals surface area contributed by atoms with Crippen molar-refractivity contribution in [2.75, 3.05) is 13.2 Å². The molecule has 3 heterocycles. The minimum absolute atomic E-state index is 0.606. The number of fused-ring (bicyclic) bond motifs is 1. The van der Waals surface area contributed by atoms with E-state index in [0.29, 0.717) is 6.04 Å². The Balaban J connectivity index is 1.63. The molecule has 1 atom stereocenters. The molecule has 5 heteroatoms. The maximum atomic E-state index is 5.90. The van der Waals surface area contributed by atoms with Gasteiger partial charge in [0.25, 0.3) is 0 Å². The lowest BCUT2D eigenvalue weighted by Gasteiger charge is -2.23. The van der Waals surface area contributed by atoms with E-state index in [9.17, 15) is 0 Å². The molecule has 0 radical (unpaired) electrons. The summed E-state index contributed by atoms with van der Waals surface area (Å²) in [5, 5.41) is 4.61. The summed E-state index contributed by atoms with van der Waals surface area (Å²) in [6, 6.07) is 2.77. The lowest BCUT2D eigenvalue weighted by molar-refractivity contribution is 0.263. The highest BCUT2D eigenvalue weighted by atomic mass is 32.1. The Kier molecular flexibility index (Phi) is 4.47. The number of thiophene rings is 1. The lowest BCUT2D eigenvalue weighted by atomic mass is 10.0. The molecular formula is C15H21N3OS. The van der Waals surface area contributed by atoms with E-state index in [2.05, 4.69) is 28.3 Å². The van der Waals surface area contributed by atoms with Crippen LogP contribution in [0.3, 0.4) is 0 Å². The number of hydrogen-bond donors (Lipinski definition) is 1. The third-order valence-corrected chi connectivity index (χ3v) is 5.00. The van der Waals surface area contributed by atoms with E-state index in [1.165, 1.54) is 24.1 Å². The van der Waals surface area contributed by atoms with E-state index in [0.717, 1.165) is 42.1 Å². The van der Waals surface area contributed by atoms with Gasteiger partial charge in [0.2, 0.25) is 5.88 Å². The lowest BCUT2D eigenvalue weighted by Crippen LogP contribution is -2.35. The first-order valence-electron chi connectivity index (χ1n) is 7.46. The molecule has 20 heavy (non-hydrogen) atoms. The van der Waals surface area contributed by atoms with Gasteiger partial charge in [0.05, 0.1) is 12.0 Å². The van der Waals surface area contributed by atoms with Gasteiger partial charge in [-0.1, -0.05) is 13.3 Å². The Labute approximate surface area is 123 Å². The van der Waals surface area contributed by atoms with Crippen LogP contribution >= 0.6 is 11.3 Å². The molecule has 0 saturated carbocycles. The molecule has 0 amide bonds. The van der Waals surface area contributed by atoms with Gasteiger partial charge in [0, 0.05) is 10.9 Å². The molecule has 4 nitrogen and oxygen atoms in total. The van der Waals surface area contributed by atoms with Crippen molar-refractivity contribution in [3.05, 3.63) is 17.3 Å². The molecule has 2 aromatic heterocycles. The second-order valence-corrected chi connectivity index (χ2v) is 6.36. The summed E-state index contributed by atoms with van der Waals surface area (Å²) in [5.41, 5.74) is 0. The molecule has 0 spiro atoms. The van der Waals surface area contributed by atoms with Crippen molar-refractivity contribution in [2.24, 2.45) is 0 Å². The summed E-state index contributed by atoms with van der Waals surface area (Å²) in [5.74, 6) is 0.738. The molecule has 3 rings (SSSR count). The zero-order chi connectivity index (χ0) is 13.8. The maximum absolute atomic E-state index is 5.90. The molecule has 2 aromatic rings. The van der Waals surface area contributed by atoms with E-state index in [-0.39, 0.29) is 0 Å². The molecule has 1 unspecified atom stereocenters. The van der Waals surface area contributed by atoms with Gasteiger partial charge in [0.15, 0.2) is 0 Å². The molecule has 0 aliphatic carbocycles. The average molecular weight is 291 g/mol. The van der Waals surface area contributed by atoms with Gasteiger partial charge < -0.3 is 10.1 Å². The maximum Gasteiger partial charge on any atom is 0.225 e. The van der Waals surface area contributed by atoms with E-state index in [4.69, 9.17) is 4.74 Å². The van der Waals surface area contributed by atoms with E-state index >= 15 is 0 Å². The Morgan fingerprint density at radius 1 is 1.40 bits per heavy atom. The average Bonchev–Trinajstić information content (AvgIpc) is 2.92. The van der Waals surface area contributed by atoms with Crippen LogP contribution in [0.4, 0.5) is 0 Å². The quantitative estimate of drug-likeness (QED) is 0.919. The first-order chi connectivity index (χ1) is 9.86. The highest BCUT2D eigenvalue weighted by molar-refractivity contribution is 7.18. The van der Waals surface area contributed by atoms with Gasteiger partial charge in [-0.05, 0) is 38.3 Å². The number of aryl methyl sites for hydroxylation is 1. The van der Waals surface area contributed by atoms with Crippen molar-refractivity contribution < 1.29 is 4.74 Å². The predicted octanol–water partition coefficient (Wildman–Crippen LogP) is 3.16. The monoisotopic (exact) mass is 291 g/mol. The van der Waals surface area contributed by atoms with Gasteiger partial charge in [-0.3, -0.25) is 0 Å². The van der Waals surface area contributed by atoms with E-state index in [1.54, 1.807) is 17.7 Å². The molecular weight excluding hydrogens is 270 g/mol. The fourth-order valence-electron chi connectivity index (χ4n) is 2.64. The van der Waals surface area contributed by atoms with Crippen LogP contribution in [0.2, 0.25) is 0 Å². The topological polar surface area (TPSA) is 47.0 Å². The third kappa shape index (κ3) is 3.10. The number of aromatic nitrogens is 2. The van der Waals surface area contributed by atoms with Crippen molar-refractivity contribution in [2.45, 2.75) is 45.1 Å². The second-order valence-electron chi connectivity index (χ2n) is 5.25. The second kappa shape index (κ2) is 6.50. The van der Waals surface area contributed by atoms with Crippen LogP contribution in [0.5, 0.6) is 5.88 Å². The Morgan fingerprint density at radius 3 is 3.15 bits per heavy atom. The number of hydrogen-bond acceptors (Lipinski definition) is 5. The standard InChI is InChI=1S/C15H21N3OS/c1-2-12-9-13-14(17-10-18-15(13)20-12)19-8-6-11-5-3-4-7-16-11/h9-11,16H,2-8H2,1H3. The molecule has 1 N–H and O–H groups in total. The molecule has 0 bridgehead atoms. The zero-order valence-corrected chi connectivity index (χ0v) is 12.7. The third-order valence-electron chi connectivity index (χ3n) is 3.81. The van der Waals surface area contributed by atoms with Crippen molar-refractivity contribution in [3.8, 4) is 5.88 Å². The summed E-state index contributed by atoms with van der Waals surface area (Å²) in [6.45, 7) is 4.03. The predicted molar refractivity (Wildman–Crippen MR) is 82.5 cm³/mol. The summed E-state index contributed by atoms with van der Waals surface area (Å²) in [4.78, 5) is 11.0. The van der Waals surface area contributed by atoms with E-state index < -0.39 is 0 Å². The van der Waals surface area contributed by atoms with Crippen molar-refractivity contribution >= 4 is 21.6 Å². The first-order valence-corrected chi connectivity index (χ1v) is 8.28. The summed E-state index contributed by atoms with van der Waals surface area (Å²) >= 11 is 1.73.